The minimum absolute atomic E-state index is 0. The minimum atomic E-state index is 0. The zero-order valence-electron chi connectivity index (χ0n) is 16.6. The monoisotopic (exact) mass is 474 g/mol. The number of aliphatic imine (C=N–C) groups is 1. The van der Waals surface area contributed by atoms with E-state index in [0.717, 1.165) is 51.7 Å². The van der Waals surface area contributed by atoms with E-state index in [1.165, 1.54) is 11.1 Å². The highest BCUT2D eigenvalue weighted by molar-refractivity contribution is 14.0. The van der Waals surface area contributed by atoms with Crippen LogP contribution >= 0.6 is 24.0 Å². The number of guanidine groups is 1. The SMILES string of the molecule is CN=C(NCCC(C)C)NCc1cccc(CN2CCOC(C)C2)c1.I. The van der Waals surface area contributed by atoms with Crippen molar-refractivity contribution in [3.63, 3.8) is 0 Å². The second-order valence-electron chi connectivity index (χ2n) is 7.27. The van der Waals surface area contributed by atoms with E-state index in [9.17, 15) is 0 Å². The van der Waals surface area contributed by atoms with Gasteiger partial charge in [0.15, 0.2) is 5.96 Å². The molecule has 2 N–H and O–H groups in total. The maximum absolute atomic E-state index is 5.62. The quantitative estimate of drug-likeness (QED) is 0.362. The van der Waals surface area contributed by atoms with Crippen LogP contribution in [0.2, 0.25) is 0 Å². The van der Waals surface area contributed by atoms with Gasteiger partial charge < -0.3 is 15.4 Å². The van der Waals surface area contributed by atoms with Crippen molar-refractivity contribution in [2.45, 2.75) is 46.4 Å². The summed E-state index contributed by atoms with van der Waals surface area (Å²) >= 11 is 0. The number of rotatable bonds is 7. The van der Waals surface area contributed by atoms with E-state index in [0.29, 0.717) is 12.0 Å². The van der Waals surface area contributed by atoms with Crippen LogP contribution < -0.4 is 10.6 Å². The van der Waals surface area contributed by atoms with E-state index < -0.39 is 0 Å². The molecule has 26 heavy (non-hydrogen) atoms. The molecule has 0 spiro atoms. The highest BCUT2D eigenvalue weighted by Gasteiger charge is 2.16. The minimum Gasteiger partial charge on any atom is -0.376 e. The molecule has 2 rings (SSSR count). The number of morpholine rings is 1. The zero-order valence-corrected chi connectivity index (χ0v) is 19.0. The highest BCUT2D eigenvalue weighted by Crippen LogP contribution is 2.12. The molecule has 0 bridgehead atoms. The average molecular weight is 474 g/mol. The third kappa shape index (κ3) is 8.68. The van der Waals surface area contributed by atoms with Gasteiger partial charge >= 0.3 is 0 Å². The summed E-state index contributed by atoms with van der Waals surface area (Å²) in [7, 11) is 1.82. The first-order valence-electron chi connectivity index (χ1n) is 9.43. The molecule has 148 valence electrons. The number of benzene rings is 1. The molecule has 0 radical (unpaired) electrons. The van der Waals surface area contributed by atoms with Crippen LogP contribution in [0.5, 0.6) is 0 Å². The van der Waals surface area contributed by atoms with Gasteiger partial charge in [0.2, 0.25) is 0 Å². The summed E-state index contributed by atoms with van der Waals surface area (Å²) in [5, 5.41) is 6.78. The van der Waals surface area contributed by atoms with Crippen LogP contribution in [-0.2, 0) is 17.8 Å². The lowest BCUT2D eigenvalue weighted by atomic mass is 10.1. The van der Waals surface area contributed by atoms with E-state index in [2.05, 4.69) is 65.6 Å². The largest absolute Gasteiger partial charge is 0.376 e. The Kier molecular flexibility index (Phi) is 11.2. The topological polar surface area (TPSA) is 48.9 Å². The van der Waals surface area contributed by atoms with Crippen molar-refractivity contribution >= 4 is 29.9 Å². The van der Waals surface area contributed by atoms with Gasteiger partial charge in [-0.05, 0) is 30.4 Å². The molecule has 1 fully saturated rings. The fourth-order valence-electron chi connectivity index (χ4n) is 3.02. The Balaban J connectivity index is 0.00000338. The Morgan fingerprint density at radius 2 is 2.08 bits per heavy atom. The Morgan fingerprint density at radius 3 is 2.77 bits per heavy atom. The number of ether oxygens (including phenoxy) is 1. The molecule has 1 atom stereocenters. The van der Waals surface area contributed by atoms with Gasteiger partial charge in [-0.3, -0.25) is 9.89 Å². The molecule has 5 nitrogen and oxygen atoms in total. The number of nitrogens with zero attached hydrogens (tertiary/aromatic N) is 2. The van der Waals surface area contributed by atoms with Gasteiger partial charge in [0.25, 0.3) is 0 Å². The van der Waals surface area contributed by atoms with Gasteiger partial charge in [-0.15, -0.1) is 24.0 Å². The second kappa shape index (κ2) is 12.5. The summed E-state index contributed by atoms with van der Waals surface area (Å²) in [5.74, 6) is 1.57. The van der Waals surface area contributed by atoms with Gasteiger partial charge in [-0.25, -0.2) is 0 Å². The van der Waals surface area contributed by atoms with Crippen molar-refractivity contribution in [3.8, 4) is 0 Å². The van der Waals surface area contributed by atoms with E-state index in [4.69, 9.17) is 4.74 Å². The molecule has 1 saturated heterocycles. The first kappa shape index (κ1) is 23.2. The molecular weight excluding hydrogens is 439 g/mol. The van der Waals surface area contributed by atoms with Crippen LogP contribution in [0, 0.1) is 5.92 Å². The van der Waals surface area contributed by atoms with Gasteiger partial charge in [-0.1, -0.05) is 38.1 Å². The zero-order chi connectivity index (χ0) is 18.1. The fourth-order valence-corrected chi connectivity index (χ4v) is 3.02. The molecule has 0 amide bonds. The molecular formula is C20H35IN4O. The van der Waals surface area contributed by atoms with Crippen LogP contribution in [0.3, 0.4) is 0 Å². The van der Waals surface area contributed by atoms with Crippen molar-refractivity contribution in [3.05, 3.63) is 35.4 Å². The van der Waals surface area contributed by atoms with Crippen LogP contribution in [0.1, 0.15) is 38.3 Å². The smallest absolute Gasteiger partial charge is 0.191 e. The van der Waals surface area contributed by atoms with Crippen molar-refractivity contribution in [1.82, 2.24) is 15.5 Å². The van der Waals surface area contributed by atoms with Crippen molar-refractivity contribution in [2.24, 2.45) is 10.9 Å². The normalized spacial score (nSPS) is 18.5. The summed E-state index contributed by atoms with van der Waals surface area (Å²) < 4.78 is 5.62. The Hall–Kier alpha value is -0.860. The molecule has 1 aromatic rings. The lowest BCUT2D eigenvalue weighted by Gasteiger charge is -2.31. The molecule has 1 heterocycles. The Labute approximate surface area is 176 Å². The van der Waals surface area contributed by atoms with Crippen LogP contribution in [0.15, 0.2) is 29.3 Å². The van der Waals surface area contributed by atoms with Gasteiger partial charge in [0.05, 0.1) is 12.7 Å². The number of hydrogen-bond donors (Lipinski definition) is 2. The predicted molar refractivity (Wildman–Crippen MR) is 120 cm³/mol. The van der Waals surface area contributed by atoms with E-state index in [1.54, 1.807) is 0 Å². The van der Waals surface area contributed by atoms with Gasteiger partial charge in [-0.2, -0.15) is 0 Å². The van der Waals surface area contributed by atoms with Crippen molar-refractivity contribution < 1.29 is 4.74 Å². The van der Waals surface area contributed by atoms with Gasteiger partial charge in [0, 0.05) is 39.8 Å². The van der Waals surface area contributed by atoms with Crippen LogP contribution in [-0.4, -0.2) is 50.3 Å². The number of halogens is 1. The first-order chi connectivity index (χ1) is 12.1. The molecule has 6 heteroatoms. The maximum atomic E-state index is 5.62. The molecule has 1 aliphatic rings. The Bertz CT molecular complexity index is 550. The molecule has 1 unspecified atom stereocenters. The van der Waals surface area contributed by atoms with Gasteiger partial charge in [0.1, 0.15) is 0 Å². The molecule has 1 aromatic carbocycles. The molecule has 0 aromatic heterocycles. The summed E-state index contributed by atoms with van der Waals surface area (Å²) in [6, 6.07) is 8.80. The van der Waals surface area contributed by atoms with Crippen molar-refractivity contribution in [2.75, 3.05) is 33.3 Å². The molecule has 0 aliphatic carbocycles. The summed E-state index contributed by atoms with van der Waals surface area (Å²) in [6.07, 6.45) is 1.48. The third-order valence-corrected chi connectivity index (χ3v) is 4.42. The summed E-state index contributed by atoms with van der Waals surface area (Å²) in [4.78, 5) is 6.76. The van der Waals surface area contributed by atoms with Crippen molar-refractivity contribution in [1.29, 1.82) is 0 Å². The summed E-state index contributed by atoms with van der Waals surface area (Å²) in [5.41, 5.74) is 2.64. The third-order valence-electron chi connectivity index (χ3n) is 4.42. The summed E-state index contributed by atoms with van der Waals surface area (Å²) in [6.45, 7) is 12.2. The molecule has 1 aliphatic heterocycles. The van der Waals surface area contributed by atoms with E-state index in [1.807, 2.05) is 7.05 Å². The average Bonchev–Trinajstić information content (AvgIpc) is 2.58. The first-order valence-corrected chi connectivity index (χ1v) is 9.43. The molecule has 0 saturated carbocycles. The standard InChI is InChI=1S/C20H34N4O.HI/c1-16(2)8-9-22-20(21-4)23-13-18-6-5-7-19(12-18)15-24-10-11-25-17(3)14-24;/h5-7,12,16-17H,8-11,13-15H2,1-4H3,(H2,21,22,23);1H. The number of nitrogens with one attached hydrogen (secondary N) is 2. The predicted octanol–water partition coefficient (Wildman–Crippen LogP) is 3.24. The Morgan fingerprint density at radius 1 is 1.31 bits per heavy atom. The van der Waals surface area contributed by atoms with Crippen LogP contribution in [0.4, 0.5) is 0 Å². The fraction of sp³-hybridized carbons (Fsp3) is 0.650. The van der Waals surface area contributed by atoms with E-state index in [-0.39, 0.29) is 24.0 Å². The lowest BCUT2D eigenvalue weighted by molar-refractivity contribution is -0.0212. The highest BCUT2D eigenvalue weighted by atomic mass is 127. The van der Waals surface area contributed by atoms with E-state index >= 15 is 0 Å². The lowest BCUT2D eigenvalue weighted by Crippen LogP contribution is -2.40. The number of hydrogen-bond acceptors (Lipinski definition) is 3. The maximum Gasteiger partial charge on any atom is 0.191 e. The van der Waals surface area contributed by atoms with Crippen LogP contribution in [0.25, 0.3) is 0 Å². The second-order valence-corrected chi connectivity index (χ2v) is 7.27.